The van der Waals surface area contributed by atoms with Gasteiger partial charge in [-0.2, -0.15) is 13.2 Å². The molecule has 1 aliphatic carbocycles. The highest BCUT2D eigenvalue weighted by Gasteiger charge is 2.36. The number of alkyl halides is 3. The van der Waals surface area contributed by atoms with E-state index < -0.39 is 22.4 Å². The van der Waals surface area contributed by atoms with Crippen LogP contribution in [0.3, 0.4) is 0 Å². The van der Waals surface area contributed by atoms with Crippen LogP contribution in [0.4, 0.5) is 24.5 Å². The molecule has 0 radical (unpaired) electrons. The van der Waals surface area contributed by atoms with Crippen LogP contribution in [0.2, 0.25) is 0 Å². The van der Waals surface area contributed by atoms with Crippen molar-refractivity contribution in [3.8, 4) is 0 Å². The SMILES string of the molecule is CN(C(=O)C1CCN(c2ccc(C(F)(F)F)cc2[N+](=O)[O-])CC1)[C@H]1CCc2ccccc21. The second kappa shape index (κ2) is 8.44. The number of anilines is 1. The van der Waals surface area contributed by atoms with Gasteiger partial charge in [-0.15, -0.1) is 0 Å². The number of piperidine rings is 1. The Morgan fingerprint density at radius 2 is 1.81 bits per heavy atom. The summed E-state index contributed by atoms with van der Waals surface area (Å²) in [5.74, 6) is -0.161. The number of nitro benzene ring substituents is 1. The zero-order valence-corrected chi connectivity index (χ0v) is 17.6. The Morgan fingerprint density at radius 3 is 2.47 bits per heavy atom. The van der Waals surface area contributed by atoms with Crippen molar-refractivity contribution in [3.05, 3.63) is 69.3 Å². The molecule has 0 spiro atoms. The standard InChI is InChI=1S/C23H24F3N3O3/c1-27(19-8-6-15-4-2-3-5-18(15)19)22(30)16-10-12-28(13-11-16)20-9-7-17(23(24,25)26)14-21(20)29(31)32/h2-5,7,9,14,16,19H,6,8,10-13H2,1H3/t19-/m0/s1. The van der Waals surface area contributed by atoms with Crippen LogP contribution in [-0.2, 0) is 17.4 Å². The van der Waals surface area contributed by atoms with E-state index in [0.29, 0.717) is 32.0 Å². The first-order valence-corrected chi connectivity index (χ1v) is 10.6. The number of carbonyl (C=O) groups is 1. The average Bonchev–Trinajstić information content (AvgIpc) is 3.21. The highest BCUT2D eigenvalue weighted by molar-refractivity contribution is 5.80. The Balaban J connectivity index is 1.44. The summed E-state index contributed by atoms with van der Waals surface area (Å²) < 4.78 is 38.9. The normalized spacial score (nSPS) is 19.0. The molecule has 0 aromatic heterocycles. The van der Waals surface area contributed by atoms with Crippen molar-refractivity contribution in [1.82, 2.24) is 4.90 Å². The molecular weight excluding hydrogens is 423 g/mol. The van der Waals surface area contributed by atoms with Crippen LogP contribution < -0.4 is 4.90 Å². The number of amides is 1. The van der Waals surface area contributed by atoms with E-state index in [2.05, 4.69) is 12.1 Å². The van der Waals surface area contributed by atoms with E-state index in [1.54, 1.807) is 4.90 Å². The van der Waals surface area contributed by atoms with Gasteiger partial charge in [0.25, 0.3) is 5.69 Å². The first-order valence-electron chi connectivity index (χ1n) is 10.6. The smallest absolute Gasteiger partial charge is 0.366 e. The number of hydrogen-bond donors (Lipinski definition) is 0. The summed E-state index contributed by atoms with van der Waals surface area (Å²) in [4.78, 5) is 27.3. The summed E-state index contributed by atoms with van der Waals surface area (Å²) in [7, 11) is 1.82. The van der Waals surface area contributed by atoms with Crippen LogP contribution in [0.5, 0.6) is 0 Å². The summed E-state index contributed by atoms with van der Waals surface area (Å²) in [6.45, 7) is 0.745. The Labute approximate surface area is 183 Å². The predicted octanol–water partition coefficient (Wildman–Crippen LogP) is 4.98. The van der Waals surface area contributed by atoms with Gasteiger partial charge in [-0.05, 0) is 48.9 Å². The molecule has 6 nitrogen and oxygen atoms in total. The van der Waals surface area contributed by atoms with E-state index in [9.17, 15) is 28.1 Å². The molecule has 1 saturated heterocycles. The Kier molecular flexibility index (Phi) is 5.83. The number of fused-ring (bicyclic) bond motifs is 1. The van der Waals surface area contributed by atoms with Crippen molar-refractivity contribution in [2.45, 2.75) is 37.9 Å². The summed E-state index contributed by atoms with van der Waals surface area (Å²) in [5.41, 5.74) is 0.996. The molecule has 2 aromatic carbocycles. The monoisotopic (exact) mass is 447 g/mol. The van der Waals surface area contributed by atoms with Crippen molar-refractivity contribution in [1.29, 1.82) is 0 Å². The van der Waals surface area contributed by atoms with Gasteiger partial charge in [0.1, 0.15) is 5.69 Å². The van der Waals surface area contributed by atoms with E-state index in [-0.39, 0.29) is 23.6 Å². The van der Waals surface area contributed by atoms with Crippen LogP contribution in [-0.4, -0.2) is 35.9 Å². The van der Waals surface area contributed by atoms with E-state index in [1.807, 2.05) is 24.1 Å². The van der Waals surface area contributed by atoms with Crippen LogP contribution >= 0.6 is 0 Å². The molecule has 170 valence electrons. The lowest BCUT2D eigenvalue weighted by Crippen LogP contribution is -2.42. The molecule has 9 heteroatoms. The minimum absolute atomic E-state index is 0.0488. The molecule has 2 aromatic rings. The summed E-state index contributed by atoms with van der Waals surface area (Å²) in [5, 5.41) is 11.4. The first kappa shape index (κ1) is 22.1. The Bertz CT molecular complexity index is 1030. The second-order valence-electron chi connectivity index (χ2n) is 8.42. The fraction of sp³-hybridized carbons (Fsp3) is 0.435. The van der Waals surface area contributed by atoms with Crippen molar-refractivity contribution in [2.75, 3.05) is 25.0 Å². The maximum atomic E-state index is 13.1. The quantitative estimate of drug-likeness (QED) is 0.490. The second-order valence-corrected chi connectivity index (χ2v) is 8.42. The van der Waals surface area contributed by atoms with Crippen molar-refractivity contribution < 1.29 is 22.9 Å². The third kappa shape index (κ3) is 4.16. The number of benzene rings is 2. The highest BCUT2D eigenvalue weighted by Crippen LogP contribution is 2.39. The number of rotatable bonds is 4. The van der Waals surface area contributed by atoms with E-state index in [1.165, 1.54) is 11.1 Å². The molecule has 1 amide bonds. The van der Waals surface area contributed by atoms with Gasteiger partial charge in [0, 0.05) is 32.1 Å². The van der Waals surface area contributed by atoms with Crippen LogP contribution in [0.25, 0.3) is 0 Å². The van der Waals surface area contributed by atoms with Gasteiger partial charge < -0.3 is 9.80 Å². The van der Waals surface area contributed by atoms with Crippen molar-refractivity contribution in [2.24, 2.45) is 5.92 Å². The van der Waals surface area contributed by atoms with Gasteiger partial charge in [0.05, 0.1) is 16.5 Å². The van der Waals surface area contributed by atoms with E-state index in [0.717, 1.165) is 25.0 Å². The van der Waals surface area contributed by atoms with Gasteiger partial charge >= 0.3 is 6.18 Å². The minimum atomic E-state index is -4.65. The number of carbonyl (C=O) groups excluding carboxylic acids is 1. The first-order chi connectivity index (χ1) is 15.2. The third-order valence-electron chi connectivity index (χ3n) is 6.60. The molecule has 1 heterocycles. The highest BCUT2D eigenvalue weighted by atomic mass is 19.4. The maximum absolute atomic E-state index is 13.1. The Hall–Kier alpha value is -3.10. The predicted molar refractivity (Wildman–Crippen MR) is 113 cm³/mol. The van der Waals surface area contributed by atoms with Gasteiger partial charge in [-0.1, -0.05) is 24.3 Å². The number of nitro groups is 1. The van der Waals surface area contributed by atoms with Crippen LogP contribution in [0.15, 0.2) is 42.5 Å². The number of aryl methyl sites for hydroxylation is 1. The fourth-order valence-electron chi connectivity index (χ4n) is 4.86. The van der Waals surface area contributed by atoms with E-state index in [4.69, 9.17) is 0 Å². The minimum Gasteiger partial charge on any atom is -0.366 e. The Morgan fingerprint density at radius 1 is 1.12 bits per heavy atom. The summed E-state index contributed by atoms with van der Waals surface area (Å²) in [6, 6.07) is 10.8. The lowest BCUT2D eigenvalue weighted by molar-refractivity contribution is -0.384. The van der Waals surface area contributed by atoms with Crippen molar-refractivity contribution >= 4 is 17.3 Å². The largest absolute Gasteiger partial charge is 0.416 e. The van der Waals surface area contributed by atoms with Gasteiger partial charge in [0.15, 0.2) is 0 Å². The third-order valence-corrected chi connectivity index (χ3v) is 6.60. The van der Waals surface area contributed by atoms with Crippen LogP contribution in [0.1, 0.15) is 42.0 Å². The molecule has 4 rings (SSSR count). The molecule has 0 bridgehead atoms. The number of nitrogens with zero attached hydrogens (tertiary/aromatic N) is 3. The lowest BCUT2D eigenvalue weighted by Gasteiger charge is -2.36. The van der Waals surface area contributed by atoms with Crippen LogP contribution in [0, 0.1) is 16.0 Å². The summed E-state index contributed by atoms with van der Waals surface area (Å²) >= 11 is 0. The molecule has 0 N–H and O–H groups in total. The van der Waals surface area contributed by atoms with Crippen molar-refractivity contribution in [3.63, 3.8) is 0 Å². The molecule has 0 unspecified atom stereocenters. The molecule has 1 fully saturated rings. The number of halogens is 3. The van der Waals surface area contributed by atoms with Gasteiger partial charge in [0.2, 0.25) is 5.91 Å². The molecule has 1 atom stereocenters. The molecule has 2 aliphatic rings. The van der Waals surface area contributed by atoms with Gasteiger partial charge in [-0.25, -0.2) is 0 Å². The number of hydrogen-bond acceptors (Lipinski definition) is 4. The molecule has 1 aliphatic heterocycles. The molecule has 32 heavy (non-hydrogen) atoms. The summed E-state index contributed by atoms with van der Waals surface area (Å²) in [6.07, 6.45) is -1.83. The fourth-order valence-corrected chi connectivity index (χ4v) is 4.86. The zero-order valence-electron chi connectivity index (χ0n) is 17.6. The topological polar surface area (TPSA) is 66.7 Å². The zero-order chi connectivity index (χ0) is 23.0. The maximum Gasteiger partial charge on any atom is 0.416 e. The average molecular weight is 447 g/mol. The molecular formula is C23H24F3N3O3. The van der Waals surface area contributed by atoms with E-state index >= 15 is 0 Å². The molecule has 0 saturated carbocycles. The lowest BCUT2D eigenvalue weighted by atomic mass is 9.93. The van der Waals surface area contributed by atoms with Gasteiger partial charge in [-0.3, -0.25) is 14.9 Å².